The first-order valence-electron chi connectivity index (χ1n) is 21.0. The minimum Gasteiger partial charge on any atom is -0.464 e. The zero-order valence-corrected chi connectivity index (χ0v) is 38.4. The van der Waals surface area contributed by atoms with E-state index < -0.39 is 84.6 Å². The van der Waals surface area contributed by atoms with Gasteiger partial charge in [-0.1, -0.05) is 75.2 Å². The van der Waals surface area contributed by atoms with Gasteiger partial charge in [0.2, 0.25) is 17.7 Å². The average molecular weight is 811 g/mol. The summed E-state index contributed by atoms with van der Waals surface area (Å²) in [5, 5.41) is 8.23. The quantitative estimate of drug-likeness (QED) is 0.0410. The van der Waals surface area contributed by atoms with E-state index in [0.717, 1.165) is 12.8 Å². The highest BCUT2D eigenvalue weighted by Crippen LogP contribution is 2.44. The zero-order chi connectivity index (χ0) is 43.3. The molecule has 0 aromatic carbocycles. The monoisotopic (exact) mass is 811 g/mol. The van der Waals surface area contributed by atoms with Crippen molar-refractivity contribution in [2.45, 2.75) is 189 Å². The molecule has 1 saturated heterocycles. The van der Waals surface area contributed by atoms with Crippen LogP contribution in [0.15, 0.2) is 0 Å². The number of likely N-dealkylation sites (tertiary alicyclic amines) is 1. The van der Waals surface area contributed by atoms with E-state index in [0.29, 0.717) is 38.6 Å². The smallest absolute Gasteiger partial charge is 0.407 e. The van der Waals surface area contributed by atoms with E-state index in [-0.39, 0.29) is 36.7 Å². The van der Waals surface area contributed by atoms with Gasteiger partial charge < -0.3 is 35.1 Å². The first kappa shape index (κ1) is 51.0. The van der Waals surface area contributed by atoms with Crippen LogP contribution in [0.4, 0.5) is 4.79 Å². The van der Waals surface area contributed by atoms with Crippen molar-refractivity contribution in [1.29, 1.82) is 0 Å². The second-order valence-electron chi connectivity index (χ2n) is 19.0. The molecule has 7 atom stereocenters. The topological polar surface area (TPSA) is 180 Å². The van der Waals surface area contributed by atoms with Crippen LogP contribution in [0.5, 0.6) is 0 Å². The van der Waals surface area contributed by atoms with Crippen LogP contribution in [-0.2, 0) is 33.4 Å². The van der Waals surface area contributed by atoms with Gasteiger partial charge in [0.05, 0.1) is 18.6 Å². The van der Waals surface area contributed by atoms with E-state index in [2.05, 4.69) is 16.0 Å². The summed E-state index contributed by atoms with van der Waals surface area (Å²) >= 11 is 0. The fourth-order valence-corrected chi connectivity index (χ4v) is 7.73. The highest BCUT2D eigenvalue weighted by Gasteiger charge is 2.44. The number of hydrogen-bond donors (Lipinski definition) is 4. The van der Waals surface area contributed by atoms with Gasteiger partial charge >= 0.3 is 12.1 Å². The minimum absolute atomic E-state index is 0.0246. The first-order valence-corrected chi connectivity index (χ1v) is 23.9. The number of ketones is 1. The van der Waals surface area contributed by atoms with Crippen LogP contribution in [0.25, 0.3) is 0 Å². The molecule has 1 heterocycles. The van der Waals surface area contributed by atoms with Crippen molar-refractivity contribution in [3.8, 4) is 0 Å². The lowest BCUT2D eigenvalue weighted by atomic mass is 9.80. The zero-order valence-electron chi connectivity index (χ0n) is 37.4. The Morgan fingerprint density at radius 3 is 2.02 bits per heavy atom. The molecule has 1 fully saturated rings. The van der Waals surface area contributed by atoms with Crippen LogP contribution in [0.3, 0.4) is 0 Å². The number of amides is 4. The molecule has 0 bridgehead atoms. The Kier molecular flexibility index (Phi) is 20.3. The summed E-state index contributed by atoms with van der Waals surface area (Å²) in [7, 11) is -2.74. The van der Waals surface area contributed by atoms with Crippen LogP contribution in [0.1, 0.15) is 141 Å². The maximum Gasteiger partial charge on any atom is 0.407 e. The highest BCUT2D eigenvalue weighted by atomic mass is 28.4. The van der Waals surface area contributed by atoms with Gasteiger partial charge in [-0.05, 0) is 102 Å². The average Bonchev–Trinajstić information content (AvgIpc) is 3.56. The molecule has 0 aromatic rings. The Labute approximate surface area is 339 Å². The van der Waals surface area contributed by atoms with Crippen molar-refractivity contribution < 1.29 is 43.0 Å². The fourth-order valence-electron chi connectivity index (χ4n) is 6.97. The third kappa shape index (κ3) is 16.1. The minimum atomic E-state index is -2.74. The van der Waals surface area contributed by atoms with Crippen LogP contribution in [-0.4, -0.2) is 96.5 Å². The third-order valence-corrected chi connectivity index (χ3v) is 14.8. The summed E-state index contributed by atoms with van der Waals surface area (Å²) in [6.07, 6.45) is 3.53. The molecule has 0 aromatic heterocycles. The number of rotatable bonds is 22. The molecule has 4 N–H and O–H groups in total. The Morgan fingerprint density at radius 1 is 0.911 bits per heavy atom. The molecule has 0 aliphatic carbocycles. The van der Waals surface area contributed by atoms with Gasteiger partial charge in [-0.3, -0.25) is 19.2 Å². The lowest BCUT2D eigenvalue weighted by Gasteiger charge is -2.41. The van der Waals surface area contributed by atoms with Gasteiger partial charge in [0.25, 0.3) is 0 Å². The standard InChI is InChI=1S/C42H78N4O9Si/c1-16-18-22-54-39(51)32-20-19-21-46(32)38(50)31(23-26(3)4)43-37(49)29(8)36(48)34(27(5)6)44-33(47)24-30(25-42(12,13)56(14,15)53)35(28(7)17-2)45-40(52)55-41(9,10)11/h26-32,34-35,53H,16-25H2,1-15H3,(H,43,49)(H,44,47)(H,45,52)/t28-,29+,30+,31-,32-,34-,35+/m0/s1. The molecule has 13 nitrogen and oxygen atoms in total. The van der Waals surface area contributed by atoms with Crippen LogP contribution >= 0.6 is 0 Å². The van der Waals surface area contributed by atoms with Gasteiger partial charge in [0.1, 0.15) is 17.7 Å². The highest BCUT2D eigenvalue weighted by molar-refractivity contribution is 6.72. The van der Waals surface area contributed by atoms with Crippen molar-refractivity contribution in [1.82, 2.24) is 20.9 Å². The normalized spacial score (nSPS) is 18.4. The molecular formula is C42H78N4O9Si. The van der Waals surface area contributed by atoms with Gasteiger partial charge in [0.15, 0.2) is 14.1 Å². The molecule has 0 radical (unpaired) electrons. The van der Waals surface area contributed by atoms with Crippen molar-refractivity contribution in [3.63, 3.8) is 0 Å². The van der Waals surface area contributed by atoms with Crippen LogP contribution in [0.2, 0.25) is 18.1 Å². The molecule has 324 valence electrons. The number of ether oxygens (including phenoxy) is 2. The predicted molar refractivity (Wildman–Crippen MR) is 222 cm³/mol. The largest absolute Gasteiger partial charge is 0.464 e. The molecular weight excluding hydrogens is 733 g/mol. The maximum atomic E-state index is 14.0. The van der Waals surface area contributed by atoms with E-state index in [9.17, 15) is 33.6 Å². The van der Waals surface area contributed by atoms with E-state index >= 15 is 0 Å². The van der Waals surface area contributed by atoms with Crippen molar-refractivity contribution in [2.24, 2.45) is 29.6 Å². The Morgan fingerprint density at radius 2 is 1.52 bits per heavy atom. The summed E-state index contributed by atoms with van der Waals surface area (Å²) in [4.78, 5) is 94.3. The van der Waals surface area contributed by atoms with Crippen LogP contribution < -0.4 is 16.0 Å². The van der Waals surface area contributed by atoms with E-state index in [4.69, 9.17) is 9.47 Å². The number of alkyl carbamates (subject to hydrolysis) is 1. The first-order chi connectivity index (χ1) is 25.7. The molecule has 1 aliphatic heterocycles. The van der Waals surface area contributed by atoms with Gasteiger partial charge in [0, 0.05) is 19.0 Å². The molecule has 4 amide bonds. The molecule has 0 saturated carbocycles. The molecule has 0 unspecified atom stereocenters. The summed E-state index contributed by atoms with van der Waals surface area (Å²) in [5.74, 6) is -4.38. The van der Waals surface area contributed by atoms with E-state index in [1.54, 1.807) is 34.6 Å². The van der Waals surface area contributed by atoms with E-state index in [1.807, 2.05) is 61.6 Å². The lowest BCUT2D eigenvalue weighted by molar-refractivity contribution is -0.154. The number of hydrogen-bond acceptors (Lipinski definition) is 9. The summed E-state index contributed by atoms with van der Waals surface area (Å²) < 4.78 is 11.0. The number of carbonyl (C=O) groups excluding carboxylic acids is 6. The number of Topliss-reactive ketones (excluding diaryl/α,β-unsaturated/α-hetero) is 1. The second-order valence-corrected chi connectivity index (χ2v) is 23.5. The molecule has 1 aliphatic rings. The maximum absolute atomic E-state index is 14.0. The van der Waals surface area contributed by atoms with Crippen LogP contribution in [0, 0.1) is 29.6 Å². The molecule has 14 heteroatoms. The number of unbranched alkanes of at least 4 members (excludes halogenated alkanes) is 1. The number of esters is 1. The summed E-state index contributed by atoms with van der Waals surface area (Å²) in [6, 6.07) is -3.16. The molecule has 1 rings (SSSR count). The van der Waals surface area contributed by atoms with Gasteiger partial charge in [-0.25, -0.2) is 9.59 Å². The Hall–Kier alpha value is -3.00. The number of nitrogens with one attached hydrogen (secondary N) is 3. The van der Waals surface area contributed by atoms with Crippen molar-refractivity contribution >= 4 is 43.9 Å². The summed E-state index contributed by atoms with van der Waals surface area (Å²) in [6.45, 7) is 28.6. The number of carbonyl (C=O) groups is 6. The van der Waals surface area contributed by atoms with Crippen molar-refractivity contribution in [3.05, 3.63) is 0 Å². The second kappa shape index (κ2) is 22.2. The van der Waals surface area contributed by atoms with Crippen molar-refractivity contribution in [2.75, 3.05) is 13.2 Å². The Balaban J connectivity index is 3.32. The molecule has 56 heavy (non-hydrogen) atoms. The van der Waals surface area contributed by atoms with Gasteiger partial charge in [-0.2, -0.15) is 0 Å². The van der Waals surface area contributed by atoms with Gasteiger partial charge in [-0.15, -0.1) is 0 Å². The predicted octanol–water partition coefficient (Wildman–Crippen LogP) is 6.51. The third-order valence-electron chi connectivity index (χ3n) is 11.3. The lowest BCUT2D eigenvalue weighted by Crippen LogP contribution is -2.55. The fraction of sp³-hybridized carbons (Fsp3) is 0.857. The molecule has 0 spiro atoms. The van der Waals surface area contributed by atoms with E-state index in [1.165, 1.54) is 11.8 Å². The summed E-state index contributed by atoms with van der Waals surface area (Å²) in [5.41, 5.74) is -0.731. The number of nitrogens with zero attached hydrogens (tertiary/aromatic N) is 1. The Bertz CT molecular complexity index is 1320. The SMILES string of the molecule is CCCCOC(=O)[C@@H]1CCCN1C(=O)[C@H](CC(C)C)NC(=O)[C@H](C)C(=O)[C@@H](NC(=O)C[C@H](CC(C)(C)[Si](C)(C)O)[C@H](NC(=O)OC(C)(C)C)[C@@H](C)CC)C(C)C.